The summed E-state index contributed by atoms with van der Waals surface area (Å²) in [6.07, 6.45) is 1.90. The maximum absolute atomic E-state index is 12.9. The lowest BCUT2D eigenvalue weighted by atomic mass is 9.74. The normalized spacial score (nSPS) is 21.2. The van der Waals surface area contributed by atoms with Gasteiger partial charge in [0.15, 0.2) is 0 Å². The Morgan fingerprint density at radius 2 is 1.90 bits per heavy atom. The molecule has 2 aliphatic rings. The fourth-order valence-corrected chi connectivity index (χ4v) is 4.48. The van der Waals surface area contributed by atoms with Crippen molar-refractivity contribution in [2.24, 2.45) is 5.92 Å². The van der Waals surface area contributed by atoms with E-state index in [9.17, 15) is 9.59 Å². The maximum atomic E-state index is 12.9. The zero-order chi connectivity index (χ0) is 20.3. The summed E-state index contributed by atoms with van der Waals surface area (Å²) >= 11 is 6.22. The number of anilines is 1. The largest absolute Gasteiger partial charge is 0.381 e. The number of carbonyl (C=O) groups is 2. The molecule has 0 saturated carbocycles. The lowest BCUT2D eigenvalue weighted by Crippen LogP contribution is -2.46. The second-order valence-electron chi connectivity index (χ2n) is 7.86. The molecular formula is C23H25ClN2O3. The van der Waals surface area contributed by atoms with Gasteiger partial charge in [-0.3, -0.25) is 9.59 Å². The van der Waals surface area contributed by atoms with Crippen molar-refractivity contribution in [3.05, 3.63) is 65.2 Å². The van der Waals surface area contributed by atoms with Crippen molar-refractivity contribution in [3.8, 4) is 0 Å². The number of ether oxygens (including phenoxy) is 1. The minimum atomic E-state index is -0.334. The van der Waals surface area contributed by atoms with Crippen LogP contribution in [0.3, 0.4) is 0 Å². The van der Waals surface area contributed by atoms with Crippen LogP contribution in [0.25, 0.3) is 0 Å². The van der Waals surface area contributed by atoms with Crippen LogP contribution in [0.15, 0.2) is 54.6 Å². The van der Waals surface area contributed by atoms with E-state index in [4.69, 9.17) is 16.3 Å². The highest BCUT2D eigenvalue weighted by Gasteiger charge is 2.38. The van der Waals surface area contributed by atoms with Crippen LogP contribution in [0.4, 0.5) is 5.69 Å². The van der Waals surface area contributed by atoms with Gasteiger partial charge >= 0.3 is 0 Å². The third-order valence-electron chi connectivity index (χ3n) is 6.05. The van der Waals surface area contributed by atoms with Crippen molar-refractivity contribution in [3.63, 3.8) is 0 Å². The van der Waals surface area contributed by atoms with Gasteiger partial charge in [-0.25, -0.2) is 0 Å². The monoisotopic (exact) mass is 412 g/mol. The van der Waals surface area contributed by atoms with E-state index < -0.39 is 0 Å². The molecule has 2 aromatic rings. The first kappa shape index (κ1) is 19.9. The minimum Gasteiger partial charge on any atom is -0.381 e. The fourth-order valence-electron chi connectivity index (χ4n) is 4.29. The molecule has 2 fully saturated rings. The van der Waals surface area contributed by atoms with Crippen LogP contribution in [-0.2, 0) is 19.7 Å². The van der Waals surface area contributed by atoms with E-state index in [-0.39, 0.29) is 29.6 Å². The number of amides is 2. The van der Waals surface area contributed by atoms with Gasteiger partial charge in [-0.15, -0.1) is 0 Å². The lowest BCUT2D eigenvalue weighted by molar-refractivity contribution is -0.126. The molecule has 0 spiro atoms. The highest BCUT2D eigenvalue weighted by molar-refractivity contribution is 6.30. The van der Waals surface area contributed by atoms with Crippen molar-refractivity contribution in [2.75, 3.05) is 31.2 Å². The van der Waals surface area contributed by atoms with Gasteiger partial charge in [-0.2, -0.15) is 0 Å². The van der Waals surface area contributed by atoms with Crippen molar-refractivity contribution in [1.29, 1.82) is 0 Å². The molecular weight excluding hydrogens is 388 g/mol. The van der Waals surface area contributed by atoms with Crippen LogP contribution in [0.5, 0.6) is 0 Å². The van der Waals surface area contributed by atoms with E-state index in [1.807, 2.05) is 48.5 Å². The Labute approximate surface area is 176 Å². The molecule has 1 N–H and O–H groups in total. The van der Waals surface area contributed by atoms with E-state index in [0.29, 0.717) is 31.3 Å². The van der Waals surface area contributed by atoms with E-state index in [2.05, 4.69) is 11.4 Å². The van der Waals surface area contributed by atoms with E-state index in [1.165, 1.54) is 0 Å². The smallest absolute Gasteiger partial charge is 0.227 e. The quantitative estimate of drug-likeness (QED) is 0.816. The number of nitrogens with zero attached hydrogens (tertiary/aromatic N) is 1. The van der Waals surface area contributed by atoms with Crippen molar-refractivity contribution in [1.82, 2.24) is 5.32 Å². The maximum Gasteiger partial charge on any atom is 0.227 e. The van der Waals surface area contributed by atoms with Gasteiger partial charge in [0.1, 0.15) is 0 Å². The van der Waals surface area contributed by atoms with Crippen molar-refractivity contribution >= 4 is 29.1 Å². The first-order chi connectivity index (χ1) is 14.1. The van der Waals surface area contributed by atoms with Crippen LogP contribution >= 0.6 is 11.6 Å². The zero-order valence-electron chi connectivity index (χ0n) is 16.3. The SMILES string of the molecule is O=C(NCC1(c2cccc(Cl)c2)CCOCC1)C1CC(=O)N(c2ccccc2)C1. The van der Waals surface area contributed by atoms with Crippen LogP contribution in [-0.4, -0.2) is 38.1 Å². The highest BCUT2D eigenvalue weighted by Crippen LogP contribution is 2.35. The highest BCUT2D eigenvalue weighted by atomic mass is 35.5. The lowest BCUT2D eigenvalue weighted by Gasteiger charge is -2.38. The molecule has 0 bridgehead atoms. The summed E-state index contributed by atoms with van der Waals surface area (Å²) < 4.78 is 5.56. The van der Waals surface area contributed by atoms with Crippen LogP contribution < -0.4 is 10.2 Å². The van der Waals surface area contributed by atoms with Gasteiger partial charge in [0.2, 0.25) is 11.8 Å². The van der Waals surface area contributed by atoms with Crippen LogP contribution in [0.1, 0.15) is 24.8 Å². The summed E-state index contributed by atoms with van der Waals surface area (Å²) in [5, 5.41) is 3.82. The van der Waals surface area contributed by atoms with E-state index in [1.54, 1.807) is 4.90 Å². The number of carbonyl (C=O) groups excluding carboxylic acids is 2. The minimum absolute atomic E-state index is 0.00743. The molecule has 1 atom stereocenters. The standard InChI is InChI=1S/C23H25ClN2O3/c24-19-6-4-5-18(14-19)23(9-11-29-12-10-23)16-25-22(28)17-13-21(27)26(15-17)20-7-2-1-3-8-20/h1-8,14,17H,9-13,15-16H2,(H,25,28). The van der Waals surface area contributed by atoms with Crippen LogP contribution in [0.2, 0.25) is 5.02 Å². The molecule has 4 rings (SSSR count). The number of nitrogens with one attached hydrogen (secondary N) is 1. The van der Waals surface area contributed by atoms with Crippen LogP contribution in [0, 0.1) is 5.92 Å². The molecule has 152 valence electrons. The molecule has 0 aromatic heterocycles. The molecule has 0 aliphatic carbocycles. The third-order valence-corrected chi connectivity index (χ3v) is 6.29. The first-order valence-electron chi connectivity index (χ1n) is 10.0. The predicted octanol–water partition coefficient (Wildman–Crippen LogP) is 3.56. The number of benzene rings is 2. The van der Waals surface area contributed by atoms with Gasteiger partial charge in [0, 0.05) is 48.8 Å². The molecule has 2 amide bonds. The van der Waals surface area contributed by atoms with Crippen molar-refractivity contribution < 1.29 is 14.3 Å². The molecule has 0 radical (unpaired) electrons. The molecule has 2 saturated heterocycles. The Hall–Kier alpha value is -2.37. The molecule has 1 unspecified atom stereocenters. The van der Waals surface area contributed by atoms with Gasteiger partial charge < -0.3 is 15.0 Å². The zero-order valence-corrected chi connectivity index (χ0v) is 17.0. The van der Waals surface area contributed by atoms with Gasteiger partial charge in [-0.1, -0.05) is 41.9 Å². The molecule has 29 heavy (non-hydrogen) atoms. The number of hydrogen-bond donors (Lipinski definition) is 1. The number of para-hydroxylation sites is 1. The van der Waals surface area contributed by atoms with Gasteiger partial charge in [0.25, 0.3) is 0 Å². The number of hydrogen-bond acceptors (Lipinski definition) is 3. The second-order valence-corrected chi connectivity index (χ2v) is 8.30. The van der Waals surface area contributed by atoms with E-state index in [0.717, 1.165) is 24.1 Å². The molecule has 6 heteroatoms. The molecule has 2 heterocycles. The summed E-state index contributed by atoms with van der Waals surface area (Å²) in [4.78, 5) is 27.0. The first-order valence-corrected chi connectivity index (χ1v) is 10.4. The Morgan fingerprint density at radius 3 is 2.62 bits per heavy atom. The average Bonchev–Trinajstić information content (AvgIpc) is 3.15. The van der Waals surface area contributed by atoms with Crippen molar-refractivity contribution in [2.45, 2.75) is 24.7 Å². The van der Waals surface area contributed by atoms with Gasteiger partial charge in [0.05, 0.1) is 5.92 Å². The topological polar surface area (TPSA) is 58.6 Å². The number of rotatable bonds is 5. The molecule has 2 aliphatic heterocycles. The van der Waals surface area contributed by atoms with Gasteiger partial charge in [-0.05, 0) is 42.7 Å². The Balaban J connectivity index is 1.44. The number of halogens is 1. The summed E-state index contributed by atoms with van der Waals surface area (Å²) in [5.74, 6) is -0.407. The molecule has 5 nitrogen and oxygen atoms in total. The summed E-state index contributed by atoms with van der Waals surface area (Å²) in [7, 11) is 0. The Morgan fingerprint density at radius 1 is 1.14 bits per heavy atom. The predicted molar refractivity (Wildman–Crippen MR) is 113 cm³/mol. The van der Waals surface area contributed by atoms with E-state index >= 15 is 0 Å². The second kappa shape index (κ2) is 8.56. The average molecular weight is 413 g/mol. The third kappa shape index (κ3) is 4.31. The Bertz CT molecular complexity index is 881. The summed E-state index contributed by atoms with van der Waals surface area (Å²) in [6, 6.07) is 17.4. The summed E-state index contributed by atoms with van der Waals surface area (Å²) in [5.41, 5.74) is 1.77. The Kier molecular flexibility index (Phi) is 5.88. The summed E-state index contributed by atoms with van der Waals surface area (Å²) in [6.45, 7) is 2.26. The molecule has 2 aromatic carbocycles. The fraction of sp³-hybridized carbons (Fsp3) is 0.391.